The second kappa shape index (κ2) is 7.55. The minimum absolute atomic E-state index is 0.194. The van der Waals surface area contributed by atoms with E-state index in [4.69, 9.17) is 4.74 Å². The highest BCUT2D eigenvalue weighted by molar-refractivity contribution is 5.76. The number of phenolic OH excluding ortho intramolecular Hbond substituents is 1. The molecule has 1 N–H and O–H groups in total. The first-order valence-corrected chi connectivity index (χ1v) is 11.1. The molecule has 0 saturated heterocycles. The van der Waals surface area contributed by atoms with E-state index >= 15 is 0 Å². The van der Waals surface area contributed by atoms with Crippen molar-refractivity contribution in [1.29, 1.82) is 0 Å². The summed E-state index contributed by atoms with van der Waals surface area (Å²) in [6, 6.07) is 4.20. The predicted octanol–water partition coefficient (Wildman–Crippen LogP) is 6.14. The zero-order valence-electron chi connectivity index (χ0n) is 18.5. The number of nitrogens with zero attached hydrogens (tertiary/aromatic N) is 2. The van der Waals surface area contributed by atoms with E-state index in [1.165, 1.54) is 18.4 Å². The van der Waals surface area contributed by atoms with E-state index in [9.17, 15) is 5.11 Å². The minimum atomic E-state index is -0.240. The van der Waals surface area contributed by atoms with Crippen molar-refractivity contribution < 1.29 is 9.84 Å². The maximum atomic E-state index is 11.6. The Morgan fingerprint density at radius 3 is 2.79 bits per heavy atom. The van der Waals surface area contributed by atoms with Gasteiger partial charge in [-0.3, -0.25) is 4.68 Å². The van der Waals surface area contributed by atoms with E-state index in [0.29, 0.717) is 11.7 Å². The van der Waals surface area contributed by atoms with Crippen LogP contribution in [0.3, 0.4) is 0 Å². The Bertz CT molecular complexity index is 939. The summed E-state index contributed by atoms with van der Waals surface area (Å²) >= 11 is 0. The molecular formula is C25H34N2O2. The van der Waals surface area contributed by atoms with Gasteiger partial charge in [0, 0.05) is 36.2 Å². The average Bonchev–Trinajstić information content (AvgIpc) is 3.06. The second-order valence-electron chi connectivity index (χ2n) is 9.36. The number of phenols is 1. The number of aromatic hydroxyl groups is 1. The first-order chi connectivity index (χ1) is 13.8. The molecule has 1 aromatic carbocycles. The van der Waals surface area contributed by atoms with Gasteiger partial charge in [-0.05, 0) is 64.2 Å². The van der Waals surface area contributed by atoms with Crippen LogP contribution in [0.15, 0.2) is 30.0 Å². The minimum Gasteiger partial charge on any atom is -0.507 e. The summed E-state index contributed by atoms with van der Waals surface area (Å²) in [5.41, 5.74) is 5.18. The Balaban J connectivity index is 1.92. The molecule has 0 bridgehead atoms. The van der Waals surface area contributed by atoms with Gasteiger partial charge < -0.3 is 9.84 Å². The molecule has 0 fully saturated rings. The number of rotatable bonds is 5. The molecule has 156 valence electrons. The maximum absolute atomic E-state index is 11.6. The van der Waals surface area contributed by atoms with E-state index in [1.54, 1.807) is 6.20 Å². The Kier molecular flexibility index (Phi) is 5.22. The lowest BCUT2D eigenvalue weighted by atomic mass is 9.67. The summed E-state index contributed by atoms with van der Waals surface area (Å²) in [6.07, 6.45) is 10.8. The molecule has 0 spiro atoms. The van der Waals surface area contributed by atoms with Gasteiger partial charge in [-0.2, -0.15) is 5.10 Å². The molecule has 1 aliphatic heterocycles. The fourth-order valence-electron chi connectivity index (χ4n) is 5.28. The molecular weight excluding hydrogens is 360 g/mol. The lowest BCUT2D eigenvalue weighted by Crippen LogP contribution is -2.45. The van der Waals surface area contributed by atoms with Crippen molar-refractivity contribution in [3.05, 3.63) is 41.1 Å². The monoisotopic (exact) mass is 394 g/mol. The fraction of sp³-hybridized carbons (Fsp3) is 0.560. The summed E-state index contributed by atoms with van der Waals surface area (Å²) < 4.78 is 8.40. The predicted molar refractivity (Wildman–Crippen MR) is 117 cm³/mol. The normalized spacial score (nSPS) is 22.4. The van der Waals surface area contributed by atoms with Crippen LogP contribution in [0.25, 0.3) is 11.3 Å². The fourth-order valence-corrected chi connectivity index (χ4v) is 5.28. The number of fused-ring (bicyclic) bond motifs is 3. The van der Waals surface area contributed by atoms with Crippen molar-refractivity contribution in [3.63, 3.8) is 0 Å². The number of hydrogen-bond acceptors (Lipinski definition) is 3. The molecule has 0 saturated carbocycles. The van der Waals surface area contributed by atoms with Crippen LogP contribution in [0.5, 0.6) is 11.5 Å². The van der Waals surface area contributed by atoms with Gasteiger partial charge in [0.15, 0.2) is 0 Å². The molecule has 2 heterocycles. The number of benzene rings is 1. The van der Waals surface area contributed by atoms with Crippen molar-refractivity contribution >= 4 is 0 Å². The zero-order chi connectivity index (χ0) is 20.8. The molecule has 2 aromatic rings. The molecule has 2 atom stereocenters. The van der Waals surface area contributed by atoms with E-state index in [1.807, 2.05) is 17.8 Å². The third-order valence-electron chi connectivity index (χ3n) is 6.86. The first-order valence-electron chi connectivity index (χ1n) is 11.1. The summed E-state index contributed by atoms with van der Waals surface area (Å²) in [5, 5.41) is 16.0. The molecule has 0 unspecified atom stereocenters. The number of aryl methyl sites for hydroxylation is 2. The largest absolute Gasteiger partial charge is 0.507 e. The summed E-state index contributed by atoms with van der Waals surface area (Å²) in [6.45, 7) is 8.82. The molecule has 1 aliphatic carbocycles. The Hall–Kier alpha value is -2.23. The van der Waals surface area contributed by atoms with Gasteiger partial charge >= 0.3 is 0 Å². The van der Waals surface area contributed by atoms with Gasteiger partial charge in [-0.15, -0.1) is 0 Å². The first kappa shape index (κ1) is 20.1. The van der Waals surface area contributed by atoms with Crippen molar-refractivity contribution in [2.24, 2.45) is 13.0 Å². The van der Waals surface area contributed by atoms with Gasteiger partial charge in [-0.1, -0.05) is 31.4 Å². The SMILES string of the molecule is CCCCCc1cc2c(c(O)c1-c1ccnn1C)[C@@H]1C=C(C)CC[C@H]1C(C)(C)O2. The molecule has 0 radical (unpaired) electrons. The van der Waals surface area contributed by atoms with E-state index < -0.39 is 0 Å². The standard InChI is InChI=1S/C25H34N2O2/c1-6-7-8-9-17-15-21-23(24(28)22(17)20-12-13-26-27(20)5)18-14-16(2)10-11-19(18)25(3,4)29-21/h12-15,18-19,28H,6-11H2,1-5H3/t18-,19-/m1/s1. The molecule has 4 nitrogen and oxygen atoms in total. The third kappa shape index (κ3) is 3.47. The van der Waals surface area contributed by atoms with Crippen molar-refractivity contribution in [1.82, 2.24) is 9.78 Å². The van der Waals surface area contributed by atoms with Gasteiger partial charge in [0.2, 0.25) is 0 Å². The highest BCUT2D eigenvalue weighted by Crippen LogP contribution is 2.55. The quantitative estimate of drug-likeness (QED) is 0.490. The molecule has 2 aliphatic rings. The van der Waals surface area contributed by atoms with Crippen LogP contribution < -0.4 is 4.74 Å². The summed E-state index contributed by atoms with van der Waals surface area (Å²) in [7, 11) is 1.94. The molecule has 0 amide bonds. The number of hydrogen-bond donors (Lipinski definition) is 1. The molecule has 29 heavy (non-hydrogen) atoms. The van der Waals surface area contributed by atoms with Crippen LogP contribution in [0, 0.1) is 5.92 Å². The van der Waals surface area contributed by atoms with Crippen LogP contribution in [0.4, 0.5) is 0 Å². The van der Waals surface area contributed by atoms with Crippen LogP contribution in [-0.4, -0.2) is 20.5 Å². The van der Waals surface area contributed by atoms with Crippen LogP contribution in [0.1, 0.15) is 76.8 Å². The van der Waals surface area contributed by atoms with E-state index in [2.05, 4.69) is 44.9 Å². The average molecular weight is 395 g/mol. The van der Waals surface area contributed by atoms with Crippen molar-refractivity contribution in [2.45, 2.75) is 77.7 Å². The van der Waals surface area contributed by atoms with Crippen LogP contribution >= 0.6 is 0 Å². The van der Waals surface area contributed by atoms with Gasteiger partial charge in [0.05, 0.1) is 5.69 Å². The third-order valence-corrected chi connectivity index (χ3v) is 6.86. The van der Waals surface area contributed by atoms with Crippen molar-refractivity contribution in [2.75, 3.05) is 0 Å². The Morgan fingerprint density at radius 2 is 2.10 bits per heavy atom. The van der Waals surface area contributed by atoms with Crippen LogP contribution in [0.2, 0.25) is 0 Å². The van der Waals surface area contributed by atoms with Crippen LogP contribution in [-0.2, 0) is 13.5 Å². The Labute approximate surface area is 174 Å². The summed E-state index contributed by atoms with van der Waals surface area (Å²) in [4.78, 5) is 0. The van der Waals surface area contributed by atoms with E-state index in [-0.39, 0.29) is 11.5 Å². The second-order valence-corrected chi connectivity index (χ2v) is 9.36. The van der Waals surface area contributed by atoms with Gasteiger partial charge in [0.25, 0.3) is 0 Å². The number of allylic oxidation sites excluding steroid dienone is 2. The van der Waals surface area contributed by atoms with Gasteiger partial charge in [0.1, 0.15) is 17.1 Å². The number of aromatic nitrogens is 2. The Morgan fingerprint density at radius 1 is 1.31 bits per heavy atom. The highest BCUT2D eigenvalue weighted by Gasteiger charge is 2.46. The molecule has 4 rings (SSSR count). The van der Waals surface area contributed by atoms with Crippen molar-refractivity contribution in [3.8, 4) is 22.8 Å². The number of ether oxygens (including phenoxy) is 1. The molecule has 1 aromatic heterocycles. The van der Waals surface area contributed by atoms with E-state index in [0.717, 1.165) is 53.8 Å². The topological polar surface area (TPSA) is 47.3 Å². The zero-order valence-corrected chi connectivity index (χ0v) is 18.5. The van der Waals surface area contributed by atoms with Gasteiger partial charge in [-0.25, -0.2) is 0 Å². The summed E-state index contributed by atoms with van der Waals surface area (Å²) in [5.74, 6) is 1.81. The highest BCUT2D eigenvalue weighted by atomic mass is 16.5. The number of unbranched alkanes of at least 4 members (excludes halogenated alkanes) is 2. The molecule has 4 heteroatoms. The maximum Gasteiger partial charge on any atom is 0.132 e. The smallest absolute Gasteiger partial charge is 0.132 e. The lowest BCUT2D eigenvalue weighted by molar-refractivity contribution is 0.0108. The lowest BCUT2D eigenvalue weighted by Gasteiger charge is -2.46.